The number of rotatable bonds is 8. The molecular weight excluding hydrogens is 314 g/mol. The van der Waals surface area contributed by atoms with Crippen molar-refractivity contribution in [3.05, 3.63) is 47.1 Å². The minimum Gasteiger partial charge on any atom is -0.478 e. The average molecular weight is 335 g/mol. The Morgan fingerprint density at radius 3 is 2.91 bits per heavy atom. The molecule has 0 spiro atoms. The van der Waals surface area contributed by atoms with E-state index >= 15 is 0 Å². The highest BCUT2D eigenvalue weighted by Crippen LogP contribution is 2.25. The van der Waals surface area contributed by atoms with Crippen LogP contribution in [-0.2, 0) is 13.1 Å². The van der Waals surface area contributed by atoms with Gasteiger partial charge in [-0.1, -0.05) is 24.2 Å². The van der Waals surface area contributed by atoms with Gasteiger partial charge in [0.25, 0.3) is 0 Å². The maximum absolute atomic E-state index is 11.0. The summed E-state index contributed by atoms with van der Waals surface area (Å²) >= 11 is 1.77. The van der Waals surface area contributed by atoms with Crippen LogP contribution in [0.25, 0.3) is 0 Å². The van der Waals surface area contributed by atoms with E-state index in [2.05, 4.69) is 24.0 Å². The molecule has 0 bridgehead atoms. The molecule has 0 aliphatic rings. The van der Waals surface area contributed by atoms with E-state index in [-0.39, 0.29) is 5.25 Å². The van der Waals surface area contributed by atoms with Crippen LogP contribution in [0.1, 0.15) is 46.7 Å². The summed E-state index contributed by atoms with van der Waals surface area (Å²) in [6, 6.07) is 6.92. The molecule has 0 saturated carbocycles. The summed E-state index contributed by atoms with van der Waals surface area (Å²) in [6.07, 6.45) is 0. The Morgan fingerprint density at radius 2 is 2.22 bits per heavy atom. The quantitative estimate of drug-likeness (QED) is 0.793. The van der Waals surface area contributed by atoms with Gasteiger partial charge in [-0.3, -0.25) is 4.90 Å². The summed E-state index contributed by atoms with van der Waals surface area (Å²) in [5.41, 5.74) is 1.23. The number of hydrogen-bond donors (Lipinski definition) is 1. The van der Waals surface area contributed by atoms with Gasteiger partial charge >= 0.3 is 5.97 Å². The van der Waals surface area contributed by atoms with Crippen LogP contribution < -0.4 is 0 Å². The second kappa shape index (κ2) is 8.12. The molecule has 0 radical (unpaired) electrons. The number of hydrogen-bond acceptors (Lipinski definition) is 6. The lowest BCUT2D eigenvalue weighted by Gasteiger charge is -2.14. The fourth-order valence-corrected chi connectivity index (χ4v) is 2.97. The van der Waals surface area contributed by atoms with Gasteiger partial charge in [0.1, 0.15) is 0 Å². The lowest BCUT2D eigenvalue weighted by atomic mass is 10.1. The number of aromatic carboxylic acids is 1. The molecule has 0 fully saturated rings. The number of carboxylic acids is 1. The summed E-state index contributed by atoms with van der Waals surface area (Å²) in [7, 11) is 1.93. The van der Waals surface area contributed by atoms with E-state index < -0.39 is 5.97 Å². The molecule has 124 valence electrons. The molecule has 1 atom stereocenters. The van der Waals surface area contributed by atoms with Crippen LogP contribution in [-0.4, -0.2) is 38.9 Å². The van der Waals surface area contributed by atoms with Crippen molar-refractivity contribution >= 4 is 17.7 Å². The van der Waals surface area contributed by atoms with Crippen molar-refractivity contribution in [3.8, 4) is 0 Å². The van der Waals surface area contributed by atoms with E-state index in [1.807, 2.05) is 18.0 Å². The third-order valence-electron chi connectivity index (χ3n) is 3.30. The molecule has 2 rings (SSSR count). The van der Waals surface area contributed by atoms with Gasteiger partial charge in [0, 0.05) is 6.54 Å². The molecule has 23 heavy (non-hydrogen) atoms. The Hall–Kier alpha value is -1.86. The number of benzene rings is 1. The lowest BCUT2D eigenvalue weighted by Crippen LogP contribution is -2.17. The molecule has 0 aliphatic carbocycles. The molecule has 1 heterocycles. The van der Waals surface area contributed by atoms with E-state index in [1.54, 1.807) is 30.0 Å². The van der Waals surface area contributed by atoms with Crippen LogP contribution in [0.3, 0.4) is 0 Å². The van der Waals surface area contributed by atoms with E-state index in [0.29, 0.717) is 30.4 Å². The highest BCUT2D eigenvalue weighted by atomic mass is 32.2. The zero-order chi connectivity index (χ0) is 16.8. The minimum absolute atomic E-state index is 0.218. The Labute approximate surface area is 139 Å². The molecule has 2 aromatic rings. The monoisotopic (exact) mass is 335 g/mol. The van der Waals surface area contributed by atoms with Crippen LogP contribution in [0.5, 0.6) is 0 Å². The summed E-state index contributed by atoms with van der Waals surface area (Å²) in [4.78, 5) is 17.4. The lowest BCUT2D eigenvalue weighted by molar-refractivity contribution is 0.0696. The van der Waals surface area contributed by atoms with E-state index in [1.165, 1.54) is 0 Å². The van der Waals surface area contributed by atoms with Crippen molar-refractivity contribution in [2.24, 2.45) is 0 Å². The maximum Gasteiger partial charge on any atom is 0.335 e. The topological polar surface area (TPSA) is 79.5 Å². The Kier molecular flexibility index (Phi) is 6.18. The van der Waals surface area contributed by atoms with Gasteiger partial charge < -0.3 is 9.63 Å². The average Bonchev–Trinajstić information content (AvgIpc) is 2.96. The second-order valence-corrected chi connectivity index (χ2v) is 6.94. The first-order chi connectivity index (χ1) is 11.0. The van der Waals surface area contributed by atoms with Crippen LogP contribution in [0.4, 0.5) is 0 Å². The molecule has 0 saturated heterocycles. The van der Waals surface area contributed by atoms with Crippen LogP contribution in [0.15, 0.2) is 28.8 Å². The third kappa shape index (κ3) is 5.07. The van der Waals surface area contributed by atoms with Crippen LogP contribution in [0, 0.1) is 0 Å². The molecule has 1 unspecified atom stereocenters. The normalized spacial score (nSPS) is 12.5. The second-order valence-electron chi connectivity index (χ2n) is 5.32. The van der Waals surface area contributed by atoms with E-state index in [9.17, 15) is 4.79 Å². The van der Waals surface area contributed by atoms with Gasteiger partial charge in [0.2, 0.25) is 5.89 Å². The molecule has 0 amide bonds. The van der Waals surface area contributed by atoms with Gasteiger partial charge in [0.05, 0.1) is 17.4 Å². The van der Waals surface area contributed by atoms with E-state index in [4.69, 9.17) is 9.63 Å². The maximum atomic E-state index is 11.0. The SMILES string of the molecule is CCSC(C)c1noc(CN(C)Cc2cccc(C(=O)O)c2)n1. The Bertz CT molecular complexity index is 660. The highest BCUT2D eigenvalue weighted by Gasteiger charge is 2.15. The first-order valence-electron chi connectivity index (χ1n) is 7.44. The summed E-state index contributed by atoms with van der Waals surface area (Å²) in [5.74, 6) is 1.37. The fourth-order valence-electron chi connectivity index (χ4n) is 2.22. The summed E-state index contributed by atoms with van der Waals surface area (Å²) < 4.78 is 5.29. The minimum atomic E-state index is -0.918. The molecule has 1 aromatic carbocycles. The molecule has 0 aliphatic heterocycles. The number of aromatic nitrogens is 2. The predicted molar refractivity (Wildman–Crippen MR) is 89.4 cm³/mol. The summed E-state index contributed by atoms with van der Waals surface area (Å²) in [6.45, 7) is 5.29. The van der Waals surface area contributed by atoms with Crippen molar-refractivity contribution in [1.29, 1.82) is 0 Å². The number of carboxylic acid groups (broad SMARTS) is 1. The molecular formula is C16H21N3O3S. The predicted octanol–water partition coefficient (Wildman–Crippen LogP) is 3.21. The fraction of sp³-hybridized carbons (Fsp3) is 0.438. The molecule has 1 N–H and O–H groups in total. The van der Waals surface area contributed by atoms with Gasteiger partial charge in [-0.05, 0) is 37.4 Å². The number of nitrogens with zero attached hydrogens (tertiary/aromatic N) is 3. The van der Waals surface area contributed by atoms with Gasteiger partial charge in [-0.2, -0.15) is 16.7 Å². The molecule has 7 heteroatoms. The van der Waals surface area contributed by atoms with Gasteiger partial charge in [-0.15, -0.1) is 0 Å². The third-order valence-corrected chi connectivity index (χ3v) is 4.34. The zero-order valence-electron chi connectivity index (χ0n) is 13.5. The van der Waals surface area contributed by atoms with Gasteiger partial charge in [0.15, 0.2) is 5.82 Å². The van der Waals surface area contributed by atoms with Crippen molar-refractivity contribution in [2.45, 2.75) is 32.2 Å². The largest absolute Gasteiger partial charge is 0.478 e. The molecule has 1 aromatic heterocycles. The highest BCUT2D eigenvalue weighted by molar-refractivity contribution is 7.99. The van der Waals surface area contributed by atoms with E-state index in [0.717, 1.165) is 11.3 Å². The first kappa shape index (κ1) is 17.5. The zero-order valence-corrected chi connectivity index (χ0v) is 14.3. The van der Waals surface area contributed by atoms with Gasteiger partial charge in [-0.25, -0.2) is 4.79 Å². The van der Waals surface area contributed by atoms with Crippen molar-refractivity contribution in [1.82, 2.24) is 15.0 Å². The smallest absolute Gasteiger partial charge is 0.335 e. The number of thioether (sulfide) groups is 1. The van der Waals surface area contributed by atoms with Crippen molar-refractivity contribution in [3.63, 3.8) is 0 Å². The standard InChI is InChI=1S/C16H21N3O3S/c1-4-23-11(2)15-17-14(22-18-15)10-19(3)9-12-6-5-7-13(8-12)16(20)21/h5-8,11H,4,9-10H2,1-3H3,(H,20,21). The van der Waals surface area contributed by atoms with Crippen LogP contribution >= 0.6 is 11.8 Å². The van der Waals surface area contributed by atoms with Crippen molar-refractivity contribution < 1.29 is 14.4 Å². The number of carbonyl (C=O) groups is 1. The summed E-state index contributed by atoms with van der Waals surface area (Å²) in [5, 5.41) is 13.3. The Morgan fingerprint density at radius 1 is 1.43 bits per heavy atom. The first-order valence-corrected chi connectivity index (χ1v) is 8.49. The van der Waals surface area contributed by atoms with Crippen molar-refractivity contribution in [2.75, 3.05) is 12.8 Å². The Balaban J connectivity index is 1.95. The van der Waals surface area contributed by atoms with Crippen LogP contribution in [0.2, 0.25) is 0 Å². The molecule has 6 nitrogen and oxygen atoms in total.